The fourth-order valence-corrected chi connectivity index (χ4v) is 3.86. The first kappa shape index (κ1) is 18.5. The number of benzene rings is 1. The molecule has 5 nitrogen and oxygen atoms in total. The normalized spacial score (nSPS) is 23.5. The number of nitrogens with zero attached hydrogens (tertiary/aromatic N) is 3. The van der Waals surface area contributed by atoms with Crippen molar-refractivity contribution >= 4 is 11.8 Å². The fourth-order valence-electron chi connectivity index (χ4n) is 3.86. The molecule has 2 bridgehead atoms. The number of hydrogen-bond acceptors (Lipinski definition) is 4. The summed E-state index contributed by atoms with van der Waals surface area (Å²) < 4.78 is 19.9. The van der Waals surface area contributed by atoms with Gasteiger partial charge in [-0.15, -0.1) is 0 Å². The number of piperazine rings is 1. The van der Waals surface area contributed by atoms with E-state index in [4.69, 9.17) is 10.00 Å². The molecule has 2 aliphatic rings. The highest BCUT2D eigenvalue weighted by Crippen LogP contribution is 2.34. The third-order valence-corrected chi connectivity index (χ3v) is 5.10. The molecule has 2 aliphatic heterocycles. The van der Waals surface area contributed by atoms with E-state index >= 15 is 0 Å². The number of carbonyl (C=O) groups is 1. The molecule has 3 atom stereocenters. The second kappa shape index (κ2) is 6.79. The molecule has 0 spiro atoms. The summed E-state index contributed by atoms with van der Waals surface area (Å²) in [6.45, 7) is 8.64. The summed E-state index contributed by atoms with van der Waals surface area (Å²) in [5.41, 5.74) is 0.716. The molecule has 0 aliphatic carbocycles. The second-order valence-corrected chi connectivity index (χ2v) is 8.23. The predicted octanol–water partition coefficient (Wildman–Crippen LogP) is 4.04. The van der Waals surface area contributed by atoms with Gasteiger partial charge < -0.3 is 9.64 Å². The lowest BCUT2D eigenvalue weighted by atomic mass is 10.0. The van der Waals surface area contributed by atoms with Gasteiger partial charge in [-0.3, -0.25) is 4.90 Å². The van der Waals surface area contributed by atoms with Gasteiger partial charge in [-0.25, -0.2) is 9.18 Å². The summed E-state index contributed by atoms with van der Waals surface area (Å²) in [6.07, 6.45) is 1.62. The van der Waals surface area contributed by atoms with Crippen LogP contribution in [0.25, 0.3) is 0 Å². The minimum atomic E-state index is -0.510. The Hall–Kier alpha value is -2.29. The third-order valence-electron chi connectivity index (χ3n) is 5.10. The summed E-state index contributed by atoms with van der Waals surface area (Å²) >= 11 is 0. The van der Waals surface area contributed by atoms with Gasteiger partial charge in [-0.05, 0) is 52.7 Å². The minimum Gasteiger partial charge on any atom is -0.444 e. The zero-order valence-electron chi connectivity index (χ0n) is 15.8. The number of carbonyl (C=O) groups excluding carboxylic acids is 1. The molecular formula is C20H26FN3O2. The van der Waals surface area contributed by atoms with Crippen LogP contribution in [0.2, 0.25) is 0 Å². The standard InChI is InChI=1S/C20H26FN3O2/c1-13(10-22)17-8-7-14(9-18(17)21)23-11-15-5-6-16(12-23)24(15)19(25)26-20(2,3)4/h7-9,13,15-16H,5-6,11-12H2,1-4H3. The third kappa shape index (κ3) is 3.62. The Morgan fingerprint density at radius 2 is 1.92 bits per heavy atom. The maximum absolute atomic E-state index is 14.4. The summed E-state index contributed by atoms with van der Waals surface area (Å²) in [6, 6.07) is 7.32. The molecule has 2 saturated heterocycles. The first-order valence-electron chi connectivity index (χ1n) is 9.15. The van der Waals surface area contributed by atoms with Crippen LogP contribution in [0, 0.1) is 17.1 Å². The molecule has 3 rings (SSSR count). The number of hydrogen-bond donors (Lipinski definition) is 0. The Morgan fingerprint density at radius 1 is 1.31 bits per heavy atom. The monoisotopic (exact) mass is 359 g/mol. The highest BCUT2D eigenvalue weighted by molar-refractivity contribution is 5.70. The van der Waals surface area contributed by atoms with Crippen LogP contribution in [-0.4, -0.2) is 41.8 Å². The molecule has 0 N–H and O–H groups in total. The Kier molecular flexibility index (Phi) is 4.83. The van der Waals surface area contributed by atoms with Crippen molar-refractivity contribution in [3.63, 3.8) is 0 Å². The van der Waals surface area contributed by atoms with E-state index in [-0.39, 0.29) is 24.0 Å². The van der Waals surface area contributed by atoms with Crippen LogP contribution in [0.3, 0.4) is 0 Å². The van der Waals surface area contributed by atoms with Gasteiger partial charge in [0, 0.05) is 24.3 Å². The van der Waals surface area contributed by atoms with Crippen LogP contribution in [-0.2, 0) is 4.74 Å². The molecule has 0 radical (unpaired) electrons. The van der Waals surface area contributed by atoms with E-state index < -0.39 is 11.5 Å². The molecule has 0 saturated carbocycles. The molecule has 6 heteroatoms. The molecule has 1 aromatic rings. The van der Waals surface area contributed by atoms with E-state index in [0.717, 1.165) is 18.5 Å². The fraction of sp³-hybridized carbons (Fsp3) is 0.600. The zero-order valence-corrected chi connectivity index (χ0v) is 15.8. The first-order chi connectivity index (χ1) is 12.2. The summed E-state index contributed by atoms with van der Waals surface area (Å²) in [4.78, 5) is 16.5. The summed E-state index contributed by atoms with van der Waals surface area (Å²) in [5, 5.41) is 8.99. The van der Waals surface area contributed by atoms with Gasteiger partial charge in [0.25, 0.3) is 0 Å². The lowest BCUT2D eigenvalue weighted by Crippen LogP contribution is -2.56. The molecule has 2 fully saturated rings. The summed E-state index contributed by atoms with van der Waals surface area (Å²) in [7, 11) is 0. The average molecular weight is 359 g/mol. The quantitative estimate of drug-likeness (QED) is 0.800. The number of fused-ring (bicyclic) bond motifs is 2. The number of nitriles is 1. The van der Waals surface area contributed by atoms with Crippen molar-refractivity contribution in [2.45, 2.75) is 64.1 Å². The minimum absolute atomic E-state index is 0.0874. The van der Waals surface area contributed by atoms with Gasteiger partial charge in [-0.1, -0.05) is 6.07 Å². The Labute approximate surface area is 154 Å². The van der Waals surface area contributed by atoms with Crippen LogP contribution in [0.4, 0.5) is 14.9 Å². The van der Waals surface area contributed by atoms with E-state index in [2.05, 4.69) is 11.0 Å². The van der Waals surface area contributed by atoms with E-state index in [1.54, 1.807) is 13.0 Å². The lowest BCUT2D eigenvalue weighted by molar-refractivity contribution is 0.0123. The van der Waals surface area contributed by atoms with Crippen LogP contribution in [0.5, 0.6) is 0 Å². The van der Waals surface area contributed by atoms with Crippen LogP contribution >= 0.6 is 0 Å². The number of halogens is 1. The van der Waals surface area contributed by atoms with E-state index in [9.17, 15) is 9.18 Å². The molecule has 2 heterocycles. The molecular weight excluding hydrogens is 333 g/mol. The highest BCUT2D eigenvalue weighted by Gasteiger charge is 2.44. The number of amides is 1. The predicted molar refractivity (Wildman–Crippen MR) is 97.5 cm³/mol. The molecule has 140 valence electrons. The van der Waals surface area contributed by atoms with Gasteiger partial charge in [0.2, 0.25) is 0 Å². The molecule has 1 amide bonds. The van der Waals surface area contributed by atoms with E-state index in [0.29, 0.717) is 18.7 Å². The molecule has 0 aromatic heterocycles. The van der Waals surface area contributed by atoms with E-state index in [1.165, 1.54) is 6.07 Å². The molecule has 1 aromatic carbocycles. The Balaban J connectivity index is 1.74. The smallest absolute Gasteiger partial charge is 0.410 e. The maximum Gasteiger partial charge on any atom is 0.410 e. The maximum atomic E-state index is 14.4. The van der Waals surface area contributed by atoms with Crippen molar-refractivity contribution in [3.05, 3.63) is 29.6 Å². The largest absolute Gasteiger partial charge is 0.444 e. The van der Waals surface area contributed by atoms with E-state index in [1.807, 2.05) is 31.7 Å². The number of anilines is 1. The van der Waals surface area contributed by atoms with Crippen LogP contribution < -0.4 is 4.90 Å². The topological polar surface area (TPSA) is 56.6 Å². The van der Waals surface area contributed by atoms with Gasteiger partial charge in [0.05, 0.1) is 24.1 Å². The van der Waals surface area contributed by atoms with Gasteiger partial charge in [0.15, 0.2) is 0 Å². The van der Waals surface area contributed by atoms with Crippen LogP contribution in [0.1, 0.15) is 52.0 Å². The first-order valence-corrected chi connectivity index (χ1v) is 9.15. The van der Waals surface area contributed by atoms with Crippen molar-refractivity contribution in [2.75, 3.05) is 18.0 Å². The second-order valence-electron chi connectivity index (χ2n) is 8.23. The Bertz CT molecular complexity index is 724. The highest BCUT2D eigenvalue weighted by atomic mass is 19.1. The number of ether oxygens (including phenoxy) is 1. The van der Waals surface area contributed by atoms with Crippen molar-refractivity contribution in [1.82, 2.24) is 4.90 Å². The van der Waals surface area contributed by atoms with Gasteiger partial charge in [-0.2, -0.15) is 5.26 Å². The molecule has 26 heavy (non-hydrogen) atoms. The van der Waals surface area contributed by atoms with Crippen molar-refractivity contribution in [3.8, 4) is 6.07 Å². The average Bonchev–Trinajstić information content (AvgIpc) is 2.83. The zero-order chi connectivity index (χ0) is 19.1. The van der Waals surface area contributed by atoms with Gasteiger partial charge >= 0.3 is 6.09 Å². The lowest BCUT2D eigenvalue weighted by Gasteiger charge is -2.42. The van der Waals surface area contributed by atoms with Crippen molar-refractivity contribution in [2.24, 2.45) is 0 Å². The Morgan fingerprint density at radius 3 is 2.42 bits per heavy atom. The van der Waals surface area contributed by atoms with Crippen molar-refractivity contribution < 1.29 is 13.9 Å². The summed E-state index contributed by atoms with van der Waals surface area (Å²) in [5.74, 6) is -0.817. The molecule has 3 unspecified atom stereocenters. The SMILES string of the molecule is CC(C#N)c1ccc(N2CC3CCC(C2)N3C(=O)OC(C)(C)C)cc1F. The number of rotatable bonds is 2. The van der Waals surface area contributed by atoms with Crippen molar-refractivity contribution in [1.29, 1.82) is 5.26 Å². The van der Waals surface area contributed by atoms with Crippen LogP contribution in [0.15, 0.2) is 18.2 Å². The van der Waals surface area contributed by atoms with Gasteiger partial charge in [0.1, 0.15) is 11.4 Å².